The molecule has 2 aromatic carbocycles. The molecule has 106 valence electrons. The lowest BCUT2D eigenvalue weighted by Crippen LogP contribution is -2.03. The van der Waals surface area contributed by atoms with Crippen LogP contribution in [0.15, 0.2) is 36.4 Å². The van der Waals surface area contributed by atoms with E-state index in [1.807, 2.05) is 0 Å². The maximum Gasteiger partial charge on any atom is 0.189 e. The fourth-order valence-corrected chi connectivity index (χ4v) is 2.09. The van der Waals surface area contributed by atoms with Crippen molar-refractivity contribution >= 4 is 17.3 Å². The highest BCUT2D eigenvalue weighted by Crippen LogP contribution is 2.28. The van der Waals surface area contributed by atoms with Gasteiger partial charge in [0.05, 0.1) is 10.7 Å². The molecule has 0 amide bonds. The minimum atomic E-state index is -0.497. The average Bonchev–Trinajstić information content (AvgIpc) is 2.93. The number of hydrogen-bond donors (Lipinski definition) is 1. The van der Waals surface area contributed by atoms with E-state index >= 15 is 0 Å². The Morgan fingerprint density at radius 2 is 1.76 bits per heavy atom. The van der Waals surface area contributed by atoms with Crippen LogP contribution in [-0.4, -0.2) is 20.2 Å². The monoisotopic (exact) mass is 307 g/mol. The van der Waals surface area contributed by atoms with Gasteiger partial charge in [-0.3, -0.25) is 0 Å². The molecule has 0 fully saturated rings. The smallest absolute Gasteiger partial charge is 0.189 e. The highest BCUT2D eigenvalue weighted by molar-refractivity contribution is 6.32. The number of nitrogens with two attached hydrogens (primary N) is 1. The van der Waals surface area contributed by atoms with Gasteiger partial charge >= 0.3 is 0 Å². The molecule has 2 N–H and O–H groups in total. The Morgan fingerprint density at radius 1 is 1.05 bits per heavy atom. The number of rotatable bonds is 2. The maximum atomic E-state index is 13.4. The molecule has 3 rings (SSSR count). The number of aromatic nitrogens is 4. The Balaban J connectivity index is 2.22. The summed E-state index contributed by atoms with van der Waals surface area (Å²) < 4.78 is 28.0. The minimum absolute atomic E-state index is 0.166. The van der Waals surface area contributed by atoms with Crippen LogP contribution < -0.4 is 5.73 Å². The van der Waals surface area contributed by atoms with Gasteiger partial charge in [0.25, 0.3) is 0 Å². The summed E-state index contributed by atoms with van der Waals surface area (Å²) in [6.45, 7) is 0. The normalized spacial score (nSPS) is 10.8. The van der Waals surface area contributed by atoms with E-state index in [1.54, 1.807) is 0 Å². The standard InChI is InChI=1S/C13H8ClF2N5/c14-10-3-1-8(16)6-12(10)21-13(18-19-20-21)9-5-7(15)2-4-11(9)17/h1-6H,17H2. The molecular weight excluding hydrogens is 300 g/mol. The van der Waals surface area contributed by atoms with Gasteiger partial charge in [0.1, 0.15) is 11.6 Å². The first kappa shape index (κ1) is 13.4. The van der Waals surface area contributed by atoms with Gasteiger partial charge in [-0.1, -0.05) is 11.6 Å². The van der Waals surface area contributed by atoms with Crippen molar-refractivity contribution in [2.45, 2.75) is 0 Å². The molecular formula is C13H8ClF2N5. The molecule has 5 nitrogen and oxygen atoms in total. The molecule has 0 unspecified atom stereocenters. The van der Waals surface area contributed by atoms with Crippen LogP contribution in [0.1, 0.15) is 0 Å². The van der Waals surface area contributed by atoms with Gasteiger partial charge in [0, 0.05) is 17.3 Å². The summed E-state index contributed by atoms with van der Waals surface area (Å²) in [6, 6.07) is 7.60. The van der Waals surface area contributed by atoms with Crippen molar-refractivity contribution in [2.75, 3.05) is 5.73 Å². The van der Waals surface area contributed by atoms with E-state index in [0.29, 0.717) is 11.3 Å². The van der Waals surface area contributed by atoms with Crippen LogP contribution in [0.4, 0.5) is 14.5 Å². The number of benzene rings is 2. The lowest BCUT2D eigenvalue weighted by atomic mass is 10.1. The van der Waals surface area contributed by atoms with Gasteiger partial charge in [-0.15, -0.1) is 5.10 Å². The number of hydrogen-bond acceptors (Lipinski definition) is 4. The van der Waals surface area contributed by atoms with Crippen LogP contribution in [0, 0.1) is 11.6 Å². The molecule has 0 aliphatic heterocycles. The van der Waals surface area contributed by atoms with E-state index in [4.69, 9.17) is 17.3 Å². The number of nitrogen functional groups attached to an aromatic ring is 1. The van der Waals surface area contributed by atoms with Crippen molar-refractivity contribution in [3.63, 3.8) is 0 Å². The zero-order valence-corrected chi connectivity index (χ0v) is 11.2. The number of halogens is 3. The van der Waals surface area contributed by atoms with Crippen molar-refractivity contribution in [1.29, 1.82) is 0 Å². The second-order valence-electron chi connectivity index (χ2n) is 4.24. The van der Waals surface area contributed by atoms with Gasteiger partial charge in [-0.05, 0) is 40.8 Å². The molecule has 21 heavy (non-hydrogen) atoms. The molecule has 0 saturated heterocycles. The summed E-state index contributed by atoms with van der Waals surface area (Å²) >= 11 is 6.03. The Hall–Kier alpha value is -2.54. The quantitative estimate of drug-likeness (QED) is 0.739. The molecule has 0 bridgehead atoms. The van der Waals surface area contributed by atoms with Crippen molar-refractivity contribution in [2.24, 2.45) is 0 Å². The lowest BCUT2D eigenvalue weighted by Gasteiger charge is -2.08. The molecule has 8 heteroatoms. The average molecular weight is 308 g/mol. The Bertz CT molecular complexity index is 752. The van der Waals surface area contributed by atoms with E-state index in [0.717, 1.165) is 0 Å². The van der Waals surface area contributed by atoms with Gasteiger partial charge in [-0.25, -0.2) is 8.78 Å². The number of anilines is 1. The van der Waals surface area contributed by atoms with Crippen molar-refractivity contribution in [3.05, 3.63) is 53.1 Å². The van der Waals surface area contributed by atoms with E-state index in [1.165, 1.54) is 41.1 Å². The lowest BCUT2D eigenvalue weighted by molar-refractivity contribution is 0.624. The molecule has 1 aromatic heterocycles. The SMILES string of the molecule is Nc1ccc(F)cc1-c1nnnn1-c1cc(F)ccc1Cl. The molecule has 3 aromatic rings. The molecule has 0 aliphatic carbocycles. The van der Waals surface area contributed by atoms with E-state index in [-0.39, 0.29) is 16.5 Å². The van der Waals surface area contributed by atoms with Crippen LogP contribution in [0.25, 0.3) is 17.1 Å². The fraction of sp³-hybridized carbons (Fsp3) is 0. The molecule has 0 spiro atoms. The fourth-order valence-electron chi connectivity index (χ4n) is 1.89. The second-order valence-corrected chi connectivity index (χ2v) is 4.65. The van der Waals surface area contributed by atoms with Crippen molar-refractivity contribution < 1.29 is 8.78 Å². The Kier molecular flexibility index (Phi) is 3.26. The summed E-state index contributed by atoms with van der Waals surface area (Å²) in [4.78, 5) is 0. The van der Waals surface area contributed by atoms with Crippen LogP contribution in [-0.2, 0) is 0 Å². The zero-order chi connectivity index (χ0) is 15.0. The molecule has 0 saturated carbocycles. The first-order valence-corrected chi connectivity index (χ1v) is 6.23. The summed E-state index contributed by atoms with van der Waals surface area (Å²) in [5.74, 6) is -0.818. The van der Waals surface area contributed by atoms with Gasteiger partial charge in [0.2, 0.25) is 0 Å². The van der Waals surface area contributed by atoms with E-state index < -0.39 is 11.6 Å². The zero-order valence-electron chi connectivity index (χ0n) is 10.5. The third-order valence-corrected chi connectivity index (χ3v) is 3.18. The first-order chi connectivity index (χ1) is 10.1. The van der Waals surface area contributed by atoms with E-state index in [9.17, 15) is 8.78 Å². The largest absolute Gasteiger partial charge is 0.398 e. The third-order valence-electron chi connectivity index (χ3n) is 2.86. The van der Waals surface area contributed by atoms with Crippen molar-refractivity contribution in [3.8, 4) is 17.1 Å². The second kappa shape index (κ2) is 5.10. The number of nitrogens with zero attached hydrogens (tertiary/aromatic N) is 4. The highest BCUT2D eigenvalue weighted by Gasteiger charge is 2.16. The minimum Gasteiger partial charge on any atom is -0.398 e. The summed E-state index contributed by atoms with van der Waals surface area (Å²) in [7, 11) is 0. The van der Waals surface area contributed by atoms with Gasteiger partial charge in [0.15, 0.2) is 5.82 Å². The van der Waals surface area contributed by atoms with Crippen LogP contribution in [0.3, 0.4) is 0 Å². The van der Waals surface area contributed by atoms with E-state index in [2.05, 4.69) is 15.5 Å². The molecule has 0 aliphatic rings. The summed E-state index contributed by atoms with van der Waals surface area (Å²) in [6.07, 6.45) is 0. The van der Waals surface area contributed by atoms with Gasteiger partial charge < -0.3 is 5.73 Å². The summed E-state index contributed by atoms with van der Waals surface area (Å²) in [5.41, 5.74) is 6.63. The predicted molar refractivity (Wildman–Crippen MR) is 73.9 cm³/mol. The molecule has 0 atom stereocenters. The topological polar surface area (TPSA) is 69.6 Å². The molecule has 0 radical (unpaired) electrons. The summed E-state index contributed by atoms with van der Waals surface area (Å²) in [5, 5.41) is 11.3. The predicted octanol–water partition coefficient (Wildman–Crippen LogP) is 2.84. The third kappa shape index (κ3) is 2.43. The van der Waals surface area contributed by atoms with Crippen LogP contribution in [0.5, 0.6) is 0 Å². The number of tetrazole rings is 1. The van der Waals surface area contributed by atoms with Crippen molar-refractivity contribution in [1.82, 2.24) is 20.2 Å². The Morgan fingerprint density at radius 3 is 2.57 bits per heavy atom. The van der Waals surface area contributed by atoms with Gasteiger partial charge in [-0.2, -0.15) is 4.68 Å². The maximum absolute atomic E-state index is 13.4. The van der Waals surface area contributed by atoms with Crippen LogP contribution >= 0.6 is 11.6 Å². The highest BCUT2D eigenvalue weighted by atomic mass is 35.5. The first-order valence-electron chi connectivity index (χ1n) is 5.85. The molecule has 1 heterocycles. The Labute approximate surface area is 123 Å². The van der Waals surface area contributed by atoms with Crippen LogP contribution in [0.2, 0.25) is 5.02 Å².